The molecule has 3 heterocycles. The minimum atomic E-state index is -1.76. The molecule has 1 aromatic heterocycles. The molecule has 0 radical (unpaired) electrons. The van der Waals surface area contributed by atoms with Gasteiger partial charge in [-0.25, -0.2) is 0 Å². The molecule has 18 nitrogen and oxygen atoms in total. The first-order valence-corrected chi connectivity index (χ1v) is 17.5. The van der Waals surface area contributed by atoms with E-state index in [9.17, 15) is 61.0 Å². The van der Waals surface area contributed by atoms with Crippen LogP contribution in [0.5, 0.6) is 23.0 Å². The van der Waals surface area contributed by atoms with Crippen molar-refractivity contribution in [2.75, 3.05) is 19.8 Å². The zero-order chi connectivity index (χ0) is 39.2. The van der Waals surface area contributed by atoms with Crippen molar-refractivity contribution in [2.24, 2.45) is 5.92 Å². The molecule has 2 aliphatic heterocycles. The number of ether oxygens (including phenoxy) is 5. The fourth-order valence-corrected chi connectivity index (χ4v) is 6.99. The van der Waals surface area contributed by atoms with Crippen LogP contribution in [0.4, 0.5) is 0 Å². The second-order valence-corrected chi connectivity index (χ2v) is 14.2. The number of hydrogen-bond acceptors (Lipinski definition) is 18. The predicted octanol–water partition coefficient (Wildman–Crippen LogP) is -2.14. The molecule has 11 N–H and O–H groups in total. The van der Waals surface area contributed by atoms with Crippen LogP contribution >= 0.6 is 0 Å². The Morgan fingerprint density at radius 2 is 1.24 bits per heavy atom. The number of aliphatic hydroxyl groups excluding tert-OH is 9. The lowest BCUT2D eigenvalue weighted by molar-refractivity contribution is -0.248. The van der Waals surface area contributed by atoms with Crippen LogP contribution in [0, 0.1) is 5.92 Å². The van der Waals surface area contributed by atoms with Gasteiger partial charge in [-0.05, 0) is 43.5 Å². The third-order valence-electron chi connectivity index (χ3n) is 10.3. The van der Waals surface area contributed by atoms with Crippen LogP contribution in [-0.4, -0.2) is 161 Å². The summed E-state index contributed by atoms with van der Waals surface area (Å²) in [4.78, 5) is 14.0. The maximum atomic E-state index is 14.0. The summed E-state index contributed by atoms with van der Waals surface area (Å²) in [6.07, 6.45) is -18.8. The van der Waals surface area contributed by atoms with E-state index >= 15 is 0 Å². The number of phenols is 2. The molecule has 2 saturated heterocycles. The van der Waals surface area contributed by atoms with Gasteiger partial charge in [-0.1, -0.05) is 6.92 Å². The van der Waals surface area contributed by atoms with Crippen LogP contribution < -0.4 is 14.9 Å². The molecule has 3 aromatic rings. The molecule has 0 spiro atoms. The minimum Gasteiger partial charge on any atom is -0.508 e. The summed E-state index contributed by atoms with van der Waals surface area (Å²) in [5.74, 6) is -1.75. The second kappa shape index (κ2) is 16.2. The van der Waals surface area contributed by atoms with E-state index in [2.05, 4.69) is 0 Å². The van der Waals surface area contributed by atoms with Crippen molar-refractivity contribution in [3.05, 3.63) is 46.6 Å². The number of phenolic OH excluding ortho intramolecular Hbond substituents is 2. The summed E-state index contributed by atoms with van der Waals surface area (Å²) in [6.45, 7) is 1.86. The molecule has 18 heteroatoms. The summed E-state index contributed by atoms with van der Waals surface area (Å²) >= 11 is 0. The van der Waals surface area contributed by atoms with Crippen LogP contribution in [0.1, 0.15) is 20.3 Å². The highest BCUT2D eigenvalue weighted by Gasteiger charge is 2.47. The molecule has 3 fully saturated rings. The second-order valence-electron chi connectivity index (χ2n) is 14.2. The largest absolute Gasteiger partial charge is 0.508 e. The maximum Gasteiger partial charge on any atom is 0.239 e. The van der Waals surface area contributed by atoms with Gasteiger partial charge in [0.2, 0.25) is 11.2 Å². The van der Waals surface area contributed by atoms with Crippen molar-refractivity contribution in [3.63, 3.8) is 0 Å². The number of aliphatic hydroxyl groups is 9. The van der Waals surface area contributed by atoms with Crippen molar-refractivity contribution in [1.82, 2.24) is 0 Å². The highest BCUT2D eigenvalue weighted by atomic mass is 16.6. The molecule has 54 heavy (non-hydrogen) atoms. The van der Waals surface area contributed by atoms with E-state index in [0.29, 0.717) is 0 Å². The molecule has 298 valence electrons. The van der Waals surface area contributed by atoms with E-state index in [1.54, 1.807) is 6.92 Å². The Kier molecular flexibility index (Phi) is 12.0. The van der Waals surface area contributed by atoms with Crippen molar-refractivity contribution < 1.29 is 84.3 Å². The quantitative estimate of drug-likeness (QED) is 0.105. The Morgan fingerprint density at radius 1 is 0.667 bits per heavy atom. The van der Waals surface area contributed by atoms with E-state index in [0.717, 1.165) is 6.07 Å². The third kappa shape index (κ3) is 7.88. The van der Waals surface area contributed by atoms with E-state index in [1.165, 1.54) is 37.3 Å². The first-order valence-electron chi connectivity index (χ1n) is 17.5. The Morgan fingerprint density at radius 3 is 1.91 bits per heavy atom. The van der Waals surface area contributed by atoms with Crippen molar-refractivity contribution in [3.8, 4) is 34.3 Å². The molecule has 15 unspecified atom stereocenters. The van der Waals surface area contributed by atoms with Gasteiger partial charge in [-0.3, -0.25) is 4.79 Å². The SMILES string of the molecule is CC1CC(OCC2OC(COc3c(-c4ccc(O)cc4)oc4cc(OCC5OC(C)C(O)C(O)C5O)cc(O)c4c3=O)C(O)C(O)C2O)C(O)C(O)C1O. The van der Waals surface area contributed by atoms with Gasteiger partial charge < -0.3 is 84.3 Å². The number of aromatic hydroxyl groups is 2. The van der Waals surface area contributed by atoms with Crippen molar-refractivity contribution in [2.45, 2.75) is 106 Å². The zero-order valence-electron chi connectivity index (χ0n) is 29.2. The molecule has 15 atom stereocenters. The molecule has 0 bridgehead atoms. The van der Waals surface area contributed by atoms with Crippen LogP contribution in [0.15, 0.2) is 45.6 Å². The lowest BCUT2D eigenvalue weighted by atomic mass is 9.82. The summed E-state index contributed by atoms with van der Waals surface area (Å²) in [5.41, 5.74) is -0.791. The number of rotatable bonds is 10. The zero-order valence-corrected chi connectivity index (χ0v) is 29.2. The van der Waals surface area contributed by atoms with E-state index in [4.69, 9.17) is 28.1 Å². The normalized spacial score (nSPS) is 37.3. The fourth-order valence-electron chi connectivity index (χ4n) is 6.99. The third-order valence-corrected chi connectivity index (χ3v) is 10.3. The maximum absolute atomic E-state index is 14.0. The number of hydrogen-bond donors (Lipinski definition) is 11. The van der Waals surface area contributed by atoms with Crippen molar-refractivity contribution in [1.29, 1.82) is 0 Å². The predicted molar refractivity (Wildman–Crippen MR) is 183 cm³/mol. The van der Waals surface area contributed by atoms with Gasteiger partial charge in [0.25, 0.3) is 0 Å². The van der Waals surface area contributed by atoms with Gasteiger partial charge in [0, 0.05) is 17.7 Å². The lowest BCUT2D eigenvalue weighted by Crippen LogP contribution is -2.61. The molecule has 1 aliphatic carbocycles. The van der Waals surface area contributed by atoms with Crippen LogP contribution in [0.2, 0.25) is 0 Å². The van der Waals surface area contributed by atoms with Crippen LogP contribution in [0.3, 0.4) is 0 Å². The van der Waals surface area contributed by atoms with E-state index < -0.39 is 122 Å². The first kappa shape index (κ1) is 40.0. The minimum absolute atomic E-state index is 0.0158. The summed E-state index contributed by atoms with van der Waals surface area (Å²) in [5, 5.41) is 114. The summed E-state index contributed by atoms with van der Waals surface area (Å²) in [7, 11) is 0. The first-order chi connectivity index (χ1) is 25.6. The van der Waals surface area contributed by atoms with Gasteiger partial charge in [-0.2, -0.15) is 0 Å². The van der Waals surface area contributed by atoms with Crippen LogP contribution in [-0.2, 0) is 14.2 Å². The molecular formula is C36H46O18. The average molecular weight is 767 g/mol. The van der Waals surface area contributed by atoms with Gasteiger partial charge in [0.05, 0.1) is 24.9 Å². The van der Waals surface area contributed by atoms with Crippen molar-refractivity contribution >= 4 is 11.0 Å². The Labute approximate surface area is 307 Å². The lowest BCUT2D eigenvalue weighted by Gasteiger charge is -2.42. The van der Waals surface area contributed by atoms with Gasteiger partial charge in [0.15, 0.2) is 5.76 Å². The molecule has 3 aliphatic rings. The van der Waals surface area contributed by atoms with Gasteiger partial charge in [0.1, 0.15) is 109 Å². The van der Waals surface area contributed by atoms with Gasteiger partial charge in [-0.15, -0.1) is 0 Å². The molecule has 1 saturated carbocycles. The highest BCUT2D eigenvalue weighted by Crippen LogP contribution is 2.37. The van der Waals surface area contributed by atoms with Crippen LogP contribution in [0.25, 0.3) is 22.3 Å². The smallest absolute Gasteiger partial charge is 0.239 e. The van der Waals surface area contributed by atoms with E-state index in [1.807, 2.05) is 0 Å². The number of fused-ring (bicyclic) bond motifs is 1. The molecule has 2 aromatic carbocycles. The monoisotopic (exact) mass is 766 g/mol. The Bertz CT molecular complexity index is 1800. The summed E-state index contributed by atoms with van der Waals surface area (Å²) < 4.78 is 34.8. The molecule has 6 rings (SSSR count). The number of benzene rings is 2. The average Bonchev–Trinajstić information content (AvgIpc) is 3.14. The topological polar surface area (TPSA) is 299 Å². The van der Waals surface area contributed by atoms with E-state index in [-0.39, 0.29) is 46.8 Å². The van der Waals surface area contributed by atoms with Gasteiger partial charge >= 0.3 is 0 Å². The standard InChI is InChI=1S/C36H46O18/c1-13-7-20(27(41)32(46)25(13)39)50-11-22-29(43)34(48)30(44)23(53-22)12-51-36-31(45)24-18(38)8-17(49-10-21-28(42)33(47)26(40)14(2)52-21)9-19(24)54-35(36)15-3-5-16(37)6-4-15/h3-6,8-9,13-14,20-23,25-30,32-34,37-44,46-48H,7,10-12H2,1-2H3. The highest BCUT2D eigenvalue weighted by molar-refractivity contribution is 5.88. The Hall–Kier alpha value is -3.63. The summed E-state index contributed by atoms with van der Waals surface area (Å²) in [6, 6.07) is 7.88. The fraction of sp³-hybridized carbons (Fsp3) is 0.583. The molecule has 0 amide bonds. The molecular weight excluding hydrogens is 720 g/mol. The Balaban J connectivity index is 1.24.